The third-order valence-electron chi connectivity index (χ3n) is 4.23. The first-order chi connectivity index (χ1) is 12.6. The molecule has 5 nitrogen and oxygen atoms in total. The number of hydrogen-bond acceptors (Lipinski definition) is 4. The zero-order valence-electron chi connectivity index (χ0n) is 14.6. The van der Waals surface area contributed by atoms with Crippen LogP contribution in [0.2, 0.25) is 0 Å². The summed E-state index contributed by atoms with van der Waals surface area (Å²) >= 11 is 0. The van der Waals surface area contributed by atoms with Gasteiger partial charge in [0.1, 0.15) is 5.75 Å². The van der Waals surface area contributed by atoms with E-state index in [-0.39, 0.29) is 17.5 Å². The predicted molar refractivity (Wildman–Crippen MR) is 99.3 cm³/mol. The number of ether oxygens (including phenoxy) is 1. The van der Waals surface area contributed by atoms with E-state index in [1.807, 2.05) is 35.0 Å². The van der Waals surface area contributed by atoms with E-state index in [1.54, 1.807) is 19.1 Å². The molecule has 5 heteroatoms. The molecule has 0 amide bonds. The Morgan fingerprint density at radius 1 is 1.12 bits per heavy atom. The topological polar surface area (TPSA) is 68.5 Å². The lowest BCUT2D eigenvalue weighted by Gasteiger charge is -2.05. The van der Waals surface area contributed by atoms with Crippen LogP contribution in [0.1, 0.15) is 35.7 Å². The van der Waals surface area contributed by atoms with Crippen LogP contribution < -0.4 is 0 Å². The van der Waals surface area contributed by atoms with Gasteiger partial charge in [0.15, 0.2) is 5.78 Å². The van der Waals surface area contributed by atoms with Crippen LogP contribution in [-0.2, 0) is 16.1 Å². The molecule has 0 aliphatic carbocycles. The summed E-state index contributed by atoms with van der Waals surface area (Å²) in [5.41, 5.74) is 1.97. The molecule has 3 rings (SSSR count). The third kappa shape index (κ3) is 3.77. The summed E-state index contributed by atoms with van der Waals surface area (Å²) in [6, 6.07) is 14.0. The number of para-hydroxylation sites is 1. The minimum absolute atomic E-state index is 0.0639. The van der Waals surface area contributed by atoms with Crippen molar-refractivity contribution in [2.75, 3.05) is 6.61 Å². The molecule has 1 aromatic heterocycles. The maximum atomic E-state index is 12.9. The van der Waals surface area contributed by atoms with Crippen LogP contribution in [-0.4, -0.2) is 28.0 Å². The van der Waals surface area contributed by atoms with E-state index < -0.39 is 0 Å². The number of benzene rings is 2. The van der Waals surface area contributed by atoms with E-state index in [2.05, 4.69) is 0 Å². The molecular formula is C21H21NO4. The Morgan fingerprint density at radius 2 is 1.92 bits per heavy atom. The van der Waals surface area contributed by atoms with Crippen LogP contribution >= 0.6 is 0 Å². The largest absolute Gasteiger partial charge is 0.508 e. The van der Waals surface area contributed by atoms with Gasteiger partial charge in [-0.3, -0.25) is 9.59 Å². The number of fused-ring (bicyclic) bond motifs is 1. The fourth-order valence-corrected chi connectivity index (χ4v) is 3.04. The highest BCUT2D eigenvalue weighted by atomic mass is 16.5. The van der Waals surface area contributed by atoms with Crippen molar-refractivity contribution in [2.24, 2.45) is 0 Å². The van der Waals surface area contributed by atoms with Gasteiger partial charge in [0, 0.05) is 41.2 Å². The van der Waals surface area contributed by atoms with Gasteiger partial charge >= 0.3 is 5.97 Å². The predicted octanol–water partition coefficient (Wildman–Crippen LogP) is 3.92. The SMILES string of the molecule is CCOC(=O)CCCn1cc(C(=O)c2cccc(O)c2)c2ccccc21. The first kappa shape index (κ1) is 17.7. The highest BCUT2D eigenvalue weighted by Crippen LogP contribution is 2.25. The van der Waals surface area contributed by atoms with Gasteiger partial charge in [-0.15, -0.1) is 0 Å². The molecule has 0 spiro atoms. The molecule has 0 saturated carbocycles. The average Bonchev–Trinajstić information content (AvgIpc) is 3.00. The van der Waals surface area contributed by atoms with Gasteiger partial charge in [0.25, 0.3) is 0 Å². The van der Waals surface area contributed by atoms with Gasteiger partial charge in [-0.1, -0.05) is 30.3 Å². The van der Waals surface area contributed by atoms with Gasteiger partial charge in [-0.25, -0.2) is 0 Å². The lowest BCUT2D eigenvalue weighted by Crippen LogP contribution is -2.06. The number of aryl methyl sites for hydroxylation is 1. The van der Waals surface area contributed by atoms with E-state index >= 15 is 0 Å². The molecule has 0 atom stereocenters. The highest BCUT2D eigenvalue weighted by molar-refractivity contribution is 6.16. The van der Waals surface area contributed by atoms with Gasteiger partial charge in [0.2, 0.25) is 0 Å². The number of aromatic nitrogens is 1. The molecule has 0 aliphatic rings. The Balaban J connectivity index is 1.87. The van der Waals surface area contributed by atoms with Gasteiger partial charge in [-0.2, -0.15) is 0 Å². The second-order valence-electron chi connectivity index (χ2n) is 6.04. The first-order valence-electron chi connectivity index (χ1n) is 8.67. The van der Waals surface area contributed by atoms with E-state index in [0.717, 1.165) is 10.9 Å². The van der Waals surface area contributed by atoms with Crippen molar-refractivity contribution in [3.63, 3.8) is 0 Å². The smallest absolute Gasteiger partial charge is 0.305 e. The van der Waals surface area contributed by atoms with Crippen molar-refractivity contribution in [1.29, 1.82) is 0 Å². The number of aromatic hydroxyl groups is 1. The van der Waals surface area contributed by atoms with Crippen molar-refractivity contribution in [3.05, 3.63) is 65.9 Å². The summed E-state index contributed by atoms with van der Waals surface area (Å²) in [6.45, 7) is 2.79. The molecule has 26 heavy (non-hydrogen) atoms. The standard InChI is InChI=1S/C21H21NO4/c1-2-26-20(24)11-6-12-22-14-18(17-9-3-4-10-19(17)22)21(25)15-7-5-8-16(23)13-15/h3-5,7-10,13-14,23H,2,6,11-12H2,1H3. The Hall–Kier alpha value is -3.08. The molecule has 0 radical (unpaired) electrons. The first-order valence-corrected chi connectivity index (χ1v) is 8.67. The second-order valence-corrected chi connectivity index (χ2v) is 6.04. The van der Waals surface area contributed by atoms with E-state index in [4.69, 9.17) is 4.74 Å². The Morgan fingerprint density at radius 3 is 2.69 bits per heavy atom. The zero-order valence-corrected chi connectivity index (χ0v) is 14.6. The van der Waals surface area contributed by atoms with Crippen molar-refractivity contribution in [2.45, 2.75) is 26.3 Å². The number of carbonyl (C=O) groups excluding carboxylic acids is 2. The Labute approximate surface area is 151 Å². The van der Waals surface area contributed by atoms with Gasteiger partial charge in [-0.05, 0) is 31.5 Å². The number of hydrogen-bond donors (Lipinski definition) is 1. The molecule has 2 aromatic carbocycles. The summed E-state index contributed by atoms with van der Waals surface area (Å²) < 4.78 is 6.94. The molecule has 0 aliphatic heterocycles. The van der Waals surface area contributed by atoms with E-state index in [9.17, 15) is 14.7 Å². The summed E-state index contributed by atoms with van der Waals surface area (Å²) in [6.07, 6.45) is 2.80. The Kier molecular flexibility index (Phi) is 5.37. The van der Waals surface area contributed by atoms with Crippen molar-refractivity contribution in [3.8, 4) is 5.75 Å². The normalized spacial score (nSPS) is 10.8. The number of phenolic OH excluding ortho intramolecular Hbond substituents is 1. The minimum Gasteiger partial charge on any atom is -0.508 e. The molecule has 0 fully saturated rings. The summed E-state index contributed by atoms with van der Waals surface area (Å²) in [5, 5.41) is 10.5. The number of phenols is 1. The number of nitrogens with zero attached hydrogens (tertiary/aromatic N) is 1. The second kappa shape index (κ2) is 7.87. The van der Waals surface area contributed by atoms with Gasteiger partial charge < -0.3 is 14.4 Å². The number of ketones is 1. The van der Waals surface area contributed by atoms with Crippen molar-refractivity contribution < 1.29 is 19.4 Å². The fourth-order valence-electron chi connectivity index (χ4n) is 3.04. The average molecular weight is 351 g/mol. The fraction of sp³-hybridized carbons (Fsp3) is 0.238. The van der Waals surface area contributed by atoms with Crippen molar-refractivity contribution in [1.82, 2.24) is 4.57 Å². The van der Waals surface area contributed by atoms with Crippen LogP contribution in [0.4, 0.5) is 0 Å². The molecule has 134 valence electrons. The summed E-state index contributed by atoms with van der Waals surface area (Å²) in [7, 11) is 0. The van der Waals surface area contributed by atoms with Crippen LogP contribution in [0, 0.1) is 0 Å². The van der Waals surface area contributed by atoms with Crippen molar-refractivity contribution >= 4 is 22.7 Å². The quantitative estimate of drug-likeness (QED) is 0.517. The highest BCUT2D eigenvalue weighted by Gasteiger charge is 2.17. The zero-order chi connectivity index (χ0) is 18.5. The minimum atomic E-state index is -0.208. The summed E-state index contributed by atoms with van der Waals surface area (Å²) in [5.74, 6) is -0.282. The number of esters is 1. The maximum absolute atomic E-state index is 12.9. The Bertz CT molecular complexity index is 942. The molecule has 1 N–H and O–H groups in total. The van der Waals surface area contributed by atoms with E-state index in [1.165, 1.54) is 12.1 Å². The molecular weight excluding hydrogens is 330 g/mol. The third-order valence-corrected chi connectivity index (χ3v) is 4.23. The summed E-state index contributed by atoms with van der Waals surface area (Å²) in [4.78, 5) is 24.4. The molecule has 1 heterocycles. The van der Waals surface area contributed by atoms with Crippen LogP contribution in [0.25, 0.3) is 10.9 Å². The molecule has 3 aromatic rings. The molecule has 0 saturated heterocycles. The molecule has 0 bridgehead atoms. The van der Waals surface area contributed by atoms with Crippen LogP contribution in [0.15, 0.2) is 54.7 Å². The molecule has 0 unspecified atom stereocenters. The monoisotopic (exact) mass is 351 g/mol. The van der Waals surface area contributed by atoms with Crippen LogP contribution in [0.3, 0.4) is 0 Å². The lowest BCUT2D eigenvalue weighted by atomic mass is 10.0. The maximum Gasteiger partial charge on any atom is 0.305 e. The number of rotatable bonds is 7. The number of carbonyl (C=O) groups is 2. The lowest BCUT2D eigenvalue weighted by molar-refractivity contribution is -0.143. The van der Waals surface area contributed by atoms with Gasteiger partial charge in [0.05, 0.1) is 6.61 Å². The van der Waals surface area contributed by atoms with E-state index in [0.29, 0.717) is 37.1 Å². The van der Waals surface area contributed by atoms with Crippen LogP contribution in [0.5, 0.6) is 5.75 Å².